The zero-order valence-corrected chi connectivity index (χ0v) is 31.2. The predicted molar refractivity (Wildman–Crippen MR) is 212 cm³/mol. The first-order valence-electron chi connectivity index (χ1n) is 18.9. The number of ether oxygens (including phenoxy) is 2. The average molecular weight is 763 g/mol. The van der Waals surface area contributed by atoms with Crippen molar-refractivity contribution >= 4 is 41.2 Å². The molecular weight excluding hydrogens is 716 g/mol. The quantitative estimate of drug-likeness (QED) is 0.0846. The first kappa shape index (κ1) is 39.5. The molecule has 2 nitrogen and oxygen atoms in total. The van der Waals surface area contributed by atoms with Crippen molar-refractivity contribution in [3.05, 3.63) is 140 Å². The fourth-order valence-electron chi connectivity index (χ4n) is 8.88. The van der Waals surface area contributed by atoms with Crippen LogP contribution in [0, 0.1) is 0 Å². The van der Waals surface area contributed by atoms with Gasteiger partial charge in [0.25, 0.3) is 0 Å². The number of hydrogen-bond acceptors (Lipinski definition) is 2. The molecule has 0 unspecified atom stereocenters. The van der Waals surface area contributed by atoms with Crippen LogP contribution in [0.25, 0.3) is 0 Å². The number of alkyl halides is 6. The third-order valence-electron chi connectivity index (χ3n) is 11.0. The highest BCUT2D eigenvalue weighted by Gasteiger charge is 2.41. The Labute approximate surface area is 315 Å². The van der Waals surface area contributed by atoms with Gasteiger partial charge in [0.15, 0.2) is 0 Å². The Hall–Kier alpha value is -4.23. The molecule has 5 aromatic rings. The summed E-state index contributed by atoms with van der Waals surface area (Å²) in [4.78, 5) is 0. The molecule has 2 saturated carbocycles. The second-order valence-corrected chi connectivity index (χ2v) is 17.5. The summed E-state index contributed by atoms with van der Waals surface area (Å²) in [5, 5.41) is 0.565. The van der Waals surface area contributed by atoms with Crippen LogP contribution >= 0.6 is 7.92 Å². The Kier molecular flexibility index (Phi) is 13.1. The zero-order valence-electron chi connectivity index (χ0n) is 30.2. The van der Waals surface area contributed by atoms with E-state index < -0.39 is 38.3 Å². The molecule has 54 heavy (non-hydrogen) atoms. The van der Waals surface area contributed by atoms with Crippen molar-refractivity contribution < 1.29 is 35.8 Å². The summed E-state index contributed by atoms with van der Waals surface area (Å²) in [7, 11) is -1.37. The summed E-state index contributed by atoms with van der Waals surface area (Å²) in [5.41, 5.74) is 6.07. The fourth-order valence-corrected chi connectivity index (χ4v) is 13.2. The molecule has 10 heteroatoms. The molecule has 0 aromatic heterocycles. The second kappa shape index (κ2) is 17.9. The van der Waals surface area contributed by atoms with Crippen molar-refractivity contribution in [2.45, 2.75) is 88.3 Å². The highest BCUT2D eigenvalue weighted by atomic mass is 31.1. The molecule has 0 radical (unpaired) electrons. The number of benzene rings is 5. The number of hydrogen-bond donors (Lipinski definition) is 0. The molecule has 2 fully saturated rings. The van der Waals surface area contributed by atoms with Gasteiger partial charge in [0.2, 0.25) is 0 Å². The number of rotatable bonds is 9. The van der Waals surface area contributed by atoms with Gasteiger partial charge in [0.05, 0.1) is 16.6 Å². The van der Waals surface area contributed by atoms with Crippen LogP contribution in [-0.4, -0.2) is 30.2 Å². The zero-order chi connectivity index (χ0) is 38.0. The van der Waals surface area contributed by atoms with Crippen LogP contribution in [0.1, 0.15) is 64.2 Å². The van der Waals surface area contributed by atoms with E-state index in [2.05, 4.69) is 131 Å². The van der Waals surface area contributed by atoms with Gasteiger partial charge in [-0.25, -0.2) is 0 Å². The normalized spacial score (nSPS) is 16.0. The minimum Gasteiger partial charge on any atom is -0.405 e. The number of halogens is 6. The summed E-state index contributed by atoms with van der Waals surface area (Å²) in [6, 6.07) is 46.8. The smallest absolute Gasteiger partial charge is 0.405 e. The molecule has 0 aliphatic heterocycles. The highest BCUT2D eigenvalue weighted by molar-refractivity contribution is 7.67. The van der Waals surface area contributed by atoms with Gasteiger partial charge in [0.1, 0.15) is 17.6 Å². The molecule has 0 amide bonds. The largest absolute Gasteiger partial charge is 0.573 e. The molecular formula is C44H46BF6O2P. The third kappa shape index (κ3) is 10.1. The molecule has 284 valence electrons. The molecule has 2 aliphatic rings. The second-order valence-electron chi connectivity index (χ2n) is 14.4. The van der Waals surface area contributed by atoms with Gasteiger partial charge in [-0.2, -0.15) is 21.9 Å². The van der Waals surface area contributed by atoms with E-state index in [-0.39, 0.29) is 0 Å². The molecule has 0 saturated heterocycles. The summed E-state index contributed by atoms with van der Waals surface area (Å²) in [5.74, 6) is -1.27. The summed E-state index contributed by atoms with van der Waals surface area (Å²) < 4.78 is 84.6. The van der Waals surface area contributed by atoms with Crippen LogP contribution in [0.3, 0.4) is 0 Å². The van der Waals surface area contributed by atoms with Crippen LogP contribution in [0.4, 0.5) is 26.3 Å². The Bertz CT molecular complexity index is 1650. The van der Waals surface area contributed by atoms with Crippen molar-refractivity contribution in [3.63, 3.8) is 0 Å². The van der Waals surface area contributed by atoms with E-state index in [4.69, 9.17) is 0 Å². The molecule has 0 spiro atoms. The van der Waals surface area contributed by atoms with E-state index in [0.29, 0.717) is 22.7 Å². The molecule has 0 heterocycles. The van der Waals surface area contributed by atoms with E-state index in [9.17, 15) is 26.3 Å². The van der Waals surface area contributed by atoms with Gasteiger partial charge in [0, 0.05) is 26.1 Å². The molecule has 0 N–H and O–H groups in total. The molecule has 2 aliphatic carbocycles. The van der Waals surface area contributed by atoms with E-state index in [1.807, 2.05) is 0 Å². The van der Waals surface area contributed by atoms with Crippen molar-refractivity contribution in [2.24, 2.45) is 0 Å². The minimum atomic E-state index is -4.98. The monoisotopic (exact) mass is 762 g/mol. The van der Waals surface area contributed by atoms with Crippen molar-refractivity contribution in [1.82, 2.24) is 0 Å². The standard InChI is InChI=1S/C24H20B.C20H25F6O2P/c1-5-13-21(14-6-1)25(22-15-7-2-8-16-22,23-17-9-3-10-18-23)24-19-11-4-12-20-24;21-19(22,23)27-14-11-15(28-20(24,25)26)13-18(12-14)29(16-7-3-1-4-8-16)17-9-5-2-6-10-17/h1-20H;11-13,16-17H,1-10H2/q-1;/p+1. The van der Waals surface area contributed by atoms with E-state index >= 15 is 0 Å². The van der Waals surface area contributed by atoms with E-state index in [1.54, 1.807) is 0 Å². The molecule has 5 aromatic carbocycles. The third-order valence-corrected chi connectivity index (χ3v) is 14.8. The Morgan fingerprint density at radius 3 is 1.00 bits per heavy atom. The van der Waals surface area contributed by atoms with Crippen LogP contribution in [-0.2, 0) is 0 Å². The highest BCUT2D eigenvalue weighted by Crippen LogP contribution is 2.55. The van der Waals surface area contributed by atoms with Gasteiger partial charge in [-0.3, -0.25) is 0 Å². The van der Waals surface area contributed by atoms with Crippen LogP contribution in [0.15, 0.2) is 140 Å². The Balaban J connectivity index is 0.000000186. The van der Waals surface area contributed by atoms with Crippen LogP contribution in [0.2, 0.25) is 0 Å². The van der Waals surface area contributed by atoms with Gasteiger partial charge < -0.3 is 9.47 Å². The first-order chi connectivity index (χ1) is 26.0. The lowest BCUT2D eigenvalue weighted by Gasteiger charge is -2.44. The molecule has 7 rings (SSSR count). The van der Waals surface area contributed by atoms with Crippen molar-refractivity contribution in [3.8, 4) is 11.5 Å². The molecule has 0 bridgehead atoms. The SMILES string of the molecule is FC(F)(F)Oc1cc(OC(F)(F)F)cc([PH+](C2CCCCC2)C2CCCCC2)c1.c1ccc([B-](c2ccccc2)(c2ccccc2)c2ccccc2)cc1. The van der Waals surface area contributed by atoms with E-state index in [0.717, 1.165) is 64.2 Å². The first-order valence-corrected chi connectivity index (χ1v) is 20.6. The maximum atomic E-state index is 12.8. The van der Waals surface area contributed by atoms with Crippen molar-refractivity contribution in [2.75, 3.05) is 0 Å². The van der Waals surface area contributed by atoms with Gasteiger partial charge >= 0.3 is 12.7 Å². The van der Waals surface area contributed by atoms with E-state index in [1.165, 1.54) is 34.0 Å². The predicted octanol–water partition coefficient (Wildman–Crippen LogP) is 10.1. The maximum absolute atomic E-state index is 12.8. The molecule has 0 atom stereocenters. The Morgan fingerprint density at radius 2 is 0.722 bits per heavy atom. The van der Waals surface area contributed by atoms with Gasteiger partial charge in [-0.05, 0) is 51.4 Å². The van der Waals surface area contributed by atoms with Gasteiger partial charge in [-0.1, -0.05) is 134 Å². The van der Waals surface area contributed by atoms with Gasteiger partial charge in [-0.15, -0.1) is 26.3 Å². The lowest BCUT2D eigenvalue weighted by atomic mass is 9.13. The maximum Gasteiger partial charge on any atom is 0.573 e. The van der Waals surface area contributed by atoms with Crippen molar-refractivity contribution in [1.29, 1.82) is 0 Å². The van der Waals surface area contributed by atoms with Crippen LogP contribution in [0.5, 0.6) is 11.5 Å². The fraction of sp³-hybridized carbons (Fsp3) is 0.318. The van der Waals surface area contributed by atoms with Crippen LogP contribution < -0.4 is 36.6 Å². The lowest BCUT2D eigenvalue weighted by molar-refractivity contribution is -0.276. The topological polar surface area (TPSA) is 18.5 Å². The average Bonchev–Trinajstić information content (AvgIpc) is 3.17. The Morgan fingerprint density at radius 1 is 0.426 bits per heavy atom. The summed E-state index contributed by atoms with van der Waals surface area (Å²) in [6.07, 6.45) is -0.671. The summed E-state index contributed by atoms with van der Waals surface area (Å²) in [6.45, 7) is 0. The minimum absolute atomic E-state index is 0.358. The summed E-state index contributed by atoms with van der Waals surface area (Å²) >= 11 is 0. The lowest BCUT2D eigenvalue weighted by Crippen LogP contribution is -2.74.